The maximum absolute atomic E-state index is 5.41. The molecular formula is C11H13NO2S. The number of hydrogen-bond acceptors (Lipinski definition) is 4. The van der Waals surface area contributed by atoms with Gasteiger partial charge in [0, 0.05) is 5.25 Å². The summed E-state index contributed by atoms with van der Waals surface area (Å²) >= 11 is 1.67. The molecule has 1 atom stereocenters. The van der Waals surface area contributed by atoms with Crippen molar-refractivity contribution in [1.82, 2.24) is 0 Å². The molecular weight excluding hydrogens is 210 g/mol. The SMILES string of the molecule is COc1ccc(N=C2OC[C@H](C)S2)cc1. The number of methoxy groups -OCH3 is 1. The van der Waals surface area contributed by atoms with Crippen molar-refractivity contribution in [2.24, 2.45) is 4.99 Å². The monoisotopic (exact) mass is 223 g/mol. The van der Waals surface area contributed by atoms with Crippen LogP contribution in [0.5, 0.6) is 5.75 Å². The van der Waals surface area contributed by atoms with Gasteiger partial charge in [0.05, 0.1) is 12.8 Å². The van der Waals surface area contributed by atoms with Crippen LogP contribution in [-0.4, -0.2) is 24.2 Å². The maximum atomic E-state index is 5.41. The summed E-state index contributed by atoms with van der Waals surface area (Å²) in [6.07, 6.45) is 0. The van der Waals surface area contributed by atoms with Gasteiger partial charge in [0.1, 0.15) is 12.4 Å². The first-order chi connectivity index (χ1) is 7.28. The van der Waals surface area contributed by atoms with Crippen molar-refractivity contribution in [1.29, 1.82) is 0 Å². The maximum Gasteiger partial charge on any atom is 0.251 e. The number of rotatable bonds is 2. The molecule has 0 aliphatic carbocycles. The molecule has 0 bridgehead atoms. The molecule has 0 amide bonds. The molecule has 3 nitrogen and oxygen atoms in total. The van der Waals surface area contributed by atoms with Gasteiger partial charge in [-0.1, -0.05) is 11.8 Å². The van der Waals surface area contributed by atoms with Crippen LogP contribution in [0.1, 0.15) is 6.92 Å². The van der Waals surface area contributed by atoms with Gasteiger partial charge >= 0.3 is 0 Å². The molecule has 1 saturated heterocycles. The highest BCUT2D eigenvalue weighted by atomic mass is 32.2. The number of ether oxygens (including phenoxy) is 2. The molecule has 80 valence electrons. The van der Waals surface area contributed by atoms with Crippen LogP contribution < -0.4 is 4.74 Å². The highest BCUT2D eigenvalue weighted by Gasteiger charge is 2.18. The van der Waals surface area contributed by atoms with E-state index in [1.54, 1.807) is 18.9 Å². The fraction of sp³-hybridized carbons (Fsp3) is 0.364. The average molecular weight is 223 g/mol. The standard InChI is InChI=1S/C11H13NO2S/c1-8-7-14-11(15-8)12-9-3-5-10(13-2)6-4-9/h3-6,8H,7H2,1-2H3/t8-/m0/s1. The van der Waals surface area contributed by atoms with Crippen LogP contribution in [0.4, 0.5) is 5.69 Å². The zero-order valence-corrected chi connectivity index (χ0v) is 9.58. The Balaban J connectivity index is 2.10. The second kappa shape index (κ2) is 4.57. The third-order valence-corrected chi connectivity index (χ3v) is 2.99. The van der Waals surface area contributed by atoms with E-state index in [0.29, 0.717) is 5.25 Å². The van der Waals surface area contributed by atoms with E-state index in [0.717, 1.165) is 23.3 Å². The van der Waals surface area contributed by atoms with Gasteiger partial charge in [0.15, 0.2) is 0 Å². The predicted molar refractivity (Wildman–Crippen MR) is 63.1 cm³/mol. The fourth-order valence-electron chi connectivity index (χ4n) is 1.25. The van der Waals surface area contributed by atoms with Crippen molar-refractivity contribution in [3.8, 4) is 5.75 Å². The van der Waals surface area contributed by atoms with E-state index < -0.39 is 0 Å². The van der Waals surface area contributed by atoms with Crippen molar-refractivity contribution >= 4 is 22.7 Å². The molecule has 4 heteroatoms. The Morgan fingerprint density at radius 3 is 2.67 bits per heavy atom. The van der Waals surface area contributed by atoms with E-state index in [-0.39, 0.29) is 0 Å². The third kappa shape index (κ3) is 2.65. The van der Waals surface area contributed by atoms with Gasteiger partial charge in [0.25, 0.3) is 5.23 Å². The number of benzene rings is 1. The highest BCUT2D eigenvalue weighted by molar-refractivity contribution is 8.14. The lowest BCUT2D eigenvalue weighted by molar-refractivity contribution is 0.333. The number of nitrogens with zero attached hydrogens (tertiary/aromatic N) is 1. The van der Waals surface area contributed by atoms with Gasteiger partial charge in [-0.15, -0.1) is 0 Å². The number of thioether (sulfide) groups is 1. The summed E-state index contributed by atoms with van der Waals surface area (Å²) in [6, 6.07) is 7.61. The van der Waals surface area contributed by atoms with Crippen LogP contribution in [0.25, 0.3) is 0 Å². The van der Waals surface area contributed by atoms with Gasteiger partial charge in [-0.25, -0.2) is 4.99 Å². The zero-order chi connectivity index (χ0) is 10.7. The van der Waals surface area contributed by atoms with E-state index in [1.807, 2.05) is 24.3 Å². The molecule has 0 spiro atoms. The summed E-state index contributed by atoms with van der Waals surface area (Å²) in [7, 11) is 1.65. The molecule has 1 aliphatic rings. The van der Waals surface area contributed by atoms with Gasteiger partial charge in [0.2, 0.25) is 0 Å². The Morgan fingerprint density at radius 2 is 2.13 bits per heavy atom. The quantitative estimate of drug-likeness (QED) is 0.772. The van der Waals surface area contributed by atoms with E-state index in [1.165, 1.54) is 0 Å². The molecule has 1 fully saturated rings. The lowest BCUT2D eigenvalue weighted by atomic mass is 10.3. The second-order valence-electron chi connectivity index (χ2n) is 3.32. The van der Waals surface area contributed by atoms with E-state index in [4.69, 9.17) is 9.47 Å². The zero-order valence-electron chi connectivity index (χ0n) is 8.77. The predicted octanol–water partition coefficient (Wildman–Crippen LogP) is 2.83. The topological polar surface area (TPSA) is 30.8 Å². The first-order valence-electron chi connectivity index (χ1n) is 4.80. The van der Waals surface area contributed by atoms with Crippen LogP contribution in [-0.2, 0) is 4.74 Å². The lowest BCUT2D eigenvalue weighted by Crippen LogP contribution is -1.93. The van der Waals surface area contributed by atoms with Crippen molar-refractivity contribution in [2.45, 2.75) is 12.2 Å². The minimum absolute atomic E-state index is 0.502. The van der Waals surface area contributed by atoms with Crippen molar-refractivity contribution < 1.29 is 9.47 Å². The van der Waals surface area contributed by atoms with Crippen molar-refractivity contribution in [2.75, 3.05) is 13.7 Å². The minimum atomic E-state index is 0.502. The summed E-state index contributed by atoms with van der Waals surface area (Å²) in [5.74, 6) is 0.840. The minimum Gasteiger partial charge on any atom is -0.497 e. The number of aliphatic imine (C=N–C) groups is 1. The molecule has 1 aliphatic heterocycles. The second-order valence-corrected chi connectivity index (χ2v) is 4.70. The van der Waals surface area contributed by atoms with Crippen LogP contribution >= 0.6 is 11.8 Å². The molecule has 0 N–H and O–H groups in total. The fourth-order valence-corrected chi connectivity index (χ4v) is 2.02. The van der Waals surface area contributed by atoms with Crippen LogP contribution in [0.2, 0.25) is 0 Å². The van der Waals surface area contributed by atoms with Gasteiger partial charge < -0.3 is 9.47 Å². The molecule has 15 heavy (non-hydrogen) atoms. The highest BCUT2D eigenvalue weighted by Crippen LogP contribution is 2.26. The molecule has 1 aromatic carbocycles. The van der Waals surface area contributed by atoms with Crippen molar-refractivity contribution in [3.05, 3.63) is 24.3 Å². The normalized spacial score (nSPS) is 22.8. The lowest BCUT2D eigenvalue weighted by Gasteiger charge is -1.99. The van der Waals surface area contributed by atoms with Gasteiger partial charge in [-0.2, -0.15) is 0 Å². The third-order valence-electron chi connectivity index (χ3n) is 2.04. The molecule has 1 aromatic rings. The van der Waals surface area contributed by atoms with E-state index >= 15 is 0 Å². The summed E-state index contributed by atoms with van der Waals surface area (Å²) in [5.41, 5.74) is 0.896. The molecule has 2 rings (SSSR count). The summed E-state index contributed by atoms with van der Waals surface area (Å²) in [5, 5.41) is 1.26. The van der Waals surface area contributed by atoms with E-state index in [9.17, 15) is 0 Å². The summed E-state index contributed by atoms with van der Waals surface area (Å²) in [6.45, 7) is 2.88. The Labute approximate surface area is 93.5 Å². The smallest absolute Gasteiger partial charge is 0.251 e. The van der Waals surface area contributed by atoms with Crippen LogP contribution in [0.3, 0.4) is 0 Å². The molecule has 0 aromatic heterocycles. The summed E-state index contributed by atoms with van der Waals surface area (Å²) in [4.78, 5) is 4.39. The first-order valence-corrected chi connectivity index (χ1v) is 5.68. The molecule has 0 unspecified atom stereocenters. The molecule has 0 radical (unpaired) electrons. The Kier molecular flexibility index (Phi) is 3.16. The Morgan fingerprint density at radius 1 is 1.40 bits per heavy atom. The Hall–Kier alpha value is -1.16. The average Bonchev–Trinajstić information content (AvgIpc) is 2.65. The summed E-state index contributed by atoms with van der Waals surface area (Å²) < 4.78 is 10.5. The largest absolute Gasteiger partial charge is 0.497 e. The molecule has 1 heterocycles. The van der Waals surface area contributed by atoms with Crippen LogP contribution in [0.15, 0.2) is 29.3 Å². The number of hydrogen-bond donors (Lipinski definition) is 0. The Bertz CT molecular complexity index is 361. The van der Waals surface area contributed by atoms with Gasteiger partial charge in [-0.3, -0.25) is 0 Å². The van der Waals surface area contributed by atoms with Gasteiger partial charge in [-0.05, 0) is 31.2 Å². The van der Waals surface area contributed by atoms with Crippen LogP contribution in [0, 0.1) is 0 Å². The van der Waals surface area contributed by atoms with E-state index in [2.05, 4.69) is 11.9 Å². The molecule has 0 saturated carbocycles. The van der Waals surface area contributed by atoms with Crippen molar-refractivity contribution in [3.63, 3.8) is 0 Å². The first kappa shape index (κ1) is 10.4.